The molecule has 3 aromatic rings. The largest absolute Gasteiger partial charge is 0.392 e. The summed E-state index contributed by atoms with van der Waals surface area (Å²) in [6.07, 6.45) is 7.29. The fourth-order valence-electron chi connectivity index (χ4n) is 2.71. The van der Waals surface area contributed by atoms with E-state index in [-0.39, 0.29) is 12.5 Å². The lowest BCUT2D eigenvalue weighted by Gasteiger charge is -2.07. The number of nitrogens with one attached hydrogen (secondary N) is 1. The third-order valence-electron chi connectivity index (χ3n) is 4.06. The van der Waals surface area contributed by atoms with Crippen molar-refractivity contribution in [1.29, 1.82) is 0 Å². The highest BCUT2D eigenvalue weighted by Crippen LogP contribution is 2.40. The van der Waals surface area contributed by atoms with Gasteiger partial charge in [-0.15, -0.1) is 0 Å². The zero-order chi connectivity index (χ0) is 15.8. The summed E-state index contributed by atoms with van der Waals surface area (Å²) < 4.78 is 1.99. The number of rotatable bonds is 4. The predicted octanol–water partition coefficient (Wildman–Crippen LogP) is 2.35. The van der Waals surface area contributed by atoms with Gasteiger partial charge in [-0.25, -0.2) is 4.98 Å². The van der Waals surface area contributed by atoms with Crippen LogP contribution >= 0.6 is 0 Å². The van der Waals surface area contributed by atoms with Gasteiger partial charge in [0, 0.05) is 23.9 Å². The fourth-order valence-corrected chi connectivity index (χ4v) is 2.71. The topological polar surface area (TPSA) is 79.5 Å². The van der Waals surface area contributed by atoms with E-state index in [4.69, 9.17) is 0 Å². The van der Waals surface area contributed by atoms with Crippen LogP contribution in [0.3, 0.4) is 0 Å². The third-order valence-corrected chi connectivity index (χ3v) is 4.06. The van der Waals surface area contributed by atoms with Crippen molar-refractivity contribution in [3.63, 3.8) is 0 Å². The maximum atomic E-state index is 12.7. The molecule has 3 aromatic heterocycles. The molecule has 1 amide bonds. The van der Waals surface area contributed by atoms with E-state index >= 15 is 0 Å². The van der Waals surface area contributed by atoms with Gasteiger partial charge in [0.1, 0.15) is 5.82 Å². The van der Waals surface area contributed by atoms with Gasteiger partial charge < -0.3 is 14.8 Å². The number of aliphatic hydroxyl groups is 1. The Labute approximate surface area is 132 Å². The van der Waals surface area contributed by atoms with Crippen LogP contribution in [0.2, 0.25) is 0 Å². The fraction of sp³-hybridized carbons (Fsp3) is 0.235. The minimum absolute atomic E-state index is 0.157. The highest BCUT2D eigenvalue weighted by atomic mass is 16.3. The molecule has 1 aliphatic rings. The van der Waals surface area contributed by atoms with Gasteiger partial charge in [0.05, 0.1) is 24.0 Å². The standard InChI is InChI=1S/C17H16N4O2/c22-10-12-6-7-18-9-13(12)19-17(23)15-14-3-1-2-8-21(14)16(20-15)11-4-5-11/h1-3,6-9,11,22H,4-5,10H2,(H,19,23). The number of hydrogen-bond donors (Lipinski definition) is 2. The number of pyridine rings is 2. The number of nitrogens with zero attached hydrogens (tertiary/aromatic N) is 3. The van der Waals surface area contributed by atoms with Gasteiger partial charge in [-0.3, -0.25) is 9.78 Å². The van der Waals surface area contributed by atoms with Crippen molar-refractivity contribution in [2.75, 3.05) is 5.32 Å². The molecule has 0 saturated heterocycles. The number of carbonyl (C=O) groups is 1. The van der Waals surface area contributed by atoms with Crippen LogP contribution in [0, 0.1) is 0 Å². The van der Waals surface area contributed by atoms with Crippen LogP contribution in [-0.2, 0) is 6.61 Å². The summed E-state index contributed by atoms with van der Waals surface area (Å²) in [7, 11) is 0. The lowest BCUT2D eigenvalue weighted by Crippen LogP contribution is -2.14. The smallest absolute Gasteiger partial charge is 0.276 e. The van der Waals surface area contributed by atoms with Crippen LogP contribution in [-0.4, -0.2) is 25.4 Å². The van der Waals surface area contributed by atoms with Crippen LogP contribution in [0.5, 0.6) is 0 Å². The van der Waals surface area contributed by atoms with Gasteiger partial charge >= 0.3 is 0 Å². The van der Waals surface area contributed by atoms with Gasteiger partial charge in [-0.1, -0.05) is 6.07 Å². The van der Waals surface area contributed by atoms with Crippen molar-refractivity contribution in [2.24, 2.45) is 0 Å². The van der Waals surface area contributed by atoms with Crippen LogP contribution < -0.4 is 5.32 Å². The second kappa shape index (κ2) is 5.48. The number of anilines is 1. The molecule has 2 N–H and O–H groups in total. The van der Waals surface area contributed by atoms with Crippen LogP contribution in [0.25, 0.3) is 5.52 Å². The summed E-state index contributed by atoms with van der Waals surface area (Å²) >= 11 is 0. The second-order valence-corrected chi connectivity index (χ2v) is 5.69. The Kier molecular flexibility index (Phi) is 3.31. The first kappa shape index (κ1) is 13.9. The van der Waals surface area contributed by atoms with Gasteiger partial charge in [0.25, 0.3) is 5.91 Å². The normalized spacial score (nSPS) is 14.1. The molecule has 1 fully saturated rings. The summed E-state index contributed by atoms with van der Waals surface area (Å²) in [6.45, 7) is -0.157. The maximum Gasteiger partial charge on any atom is 0.276 e. The average molecular weight is 308 g/mol. The first-order valence-corrected chi connectivity index (χ1v) is 7.60. The molecule has 116 valence electrons. The van der Waals surface area contributed by atoms with Gasteiger partial charge in [-0.2, -0.15) is 0 Å². The molecule has 1 saturated carbocycles. The van der Waals surface area contributed by atoms with Gasteiger partial charge in [-0.05, 0) is 31.0 Å². The molecular weight excluding hydrogens is 292 g/mol. The number of hydrogen-bond acceptors (Lipinski definition) is 4. The quantitative estimate of drug-likeness (QED) is 0.775. The summed E-state index contributed by atoms with van der Waals surface area (Å²) in [5, 5.41) is 12.2. The lowest BCUT2D eigenvalue weighted by molar-refractivity contribution is 0.102. The van der Waals surface area contributed by atoms with Crippen LogP contribution in [0.4, 0.5) is 5.69 Å². The molecule has 0 bridgehead atoms. The molecule has 4 rings (SSSR count). The number of imidazole rings is 1. The van der Waals surface area contributed by atoms with Crippen molar-refractivity contribution < 1.29 is 9.90 Å². The number of carbonyl (C=O) groups excluding carboxylic acids is 1. The molecule has 6 nitrogen and oxygen atoms in total. The molecule has 23 heavy (non-hydrogen) atoms. The Morgan fingerprint density at radius 1 is 1.35 bits per heavy atom. The molecule has 0 atom stereocenters. The molecule has 0 radical (unpaired) electrons. The summed E-state index contributed by atoms with van der Waals surface area (Å²) in [4.78, 5) is 21.2. The minimum atomic E-state index is -0.289. The van der Waals surface area contributed by atoms with Crippen molar-refractivity contribution in [2.45, 2.75) is 25.4 Å². The molecule has 0 unspecified atom stereocenters. The van der Waals surface area contributed by atoms with Crippen molar-refractivity contribution in [3.8, 4) is 0 Å². The average Bonchev–Trinajstić information content (AvgIpc) is 3.35. The van der Waals surface area contributed by atoms with Gasteiger partial charge in [0.2, 0.25) is 0 Å². The summed E-state index contributed by atoms with van der Waals surface area (Å²) in [5.41, 5.74) is 2.32. The van der Waals surface area contributed by atoms with E-state index in [2.05, 4.69) is 15.3 Å². The monoisotopic (exact) mass is 308 g/mol. The van der Waals surface area contributed by atoms with Gasteiger partial charge in [0.15, 0.2) is 5.69 Å². The van der Waals surface area contributed by atoms with E-state index in [1.165, 1.54) is 6.20 Å². The molecule has 0 spiro atoms. The van der Waals surface area contributed by atoms with Crippen LogP contribution in [0.15, 0.2) is 42.9 Å². The Bertz CT molecular complexity index is 883. The number of amides is 1. The van der Waals surface area contributed by atoms with E-state index in [0.717, 1.165) is 24.2 Å². The molecule has 1 aliphatic carbocycles. The second-order valence-electron chi connectivity index (χ2n) is 5.69. The Morgan fingerprint density at radius 3 is 3.00 bits per heavy atom. The van der Waals surface area contributed by atoms with E-state index in [0.29, 0.717) is 22.9 Å². The summed E-state index contributed by atoms with van der Waals surface area (Å²) in [6, 6.07) is 7.40. The highest BCUT2D eigenvalue weighted by Gasteiger charge is 2.30. The van der Waals surface area contributed by atoms with E-state index in [1.807, 2.05) is 28.8 Å². The molecule has 3 heterocycles. The number of aliphatic hydroxyl groups excluding tert-OH is 1. The molecular formula is C17H16N4O2. The third kappa shape index (κ3) is 2.47. The number of fused-ring (bicyclic) bond motifs is 1. The lowest BCUT2D eigenvalue weighted by atomic mass is 10.2. The van der Waals surface area contributed by atoms with Crippen molar-refractivity contribution in [3.05, 3.63) is 59.9 Å². The Balaban J connectivity index is 1.72. The predicted molar refractivity (Wildman–Crippen MR) is 85.3 cm³/mol. The SMILES string of the molecule is O=C(Nc1cnccc1CO)c1nc(C2CC2)n2ccccc12. The number of aromatic nitrogens is 3. The first-order chi connectivity index (χ1) is 11.3. The van der Waals surface area contributed by atoms with E-state index in [9.17, 15) is 9.90 Å². The molecule has 0 aliphatic heterocycles. The maximum absolute atomic E-state index is 12.7. The molecule has 0 aromatic carbocycles. The van der Waals surface area contributed by atoms with E-state index in [1.54, 1.807) is 12.3 Å². The first-order valence-electron chi connectivity index (χ1n) is 7.60. The Hall–Kier alpha value is -2.73. The van der Waals surface area contributed by atoms with Crippen LogP contribution in [0.1, 0.15) is 40.6 Å². The zero-order valence-electron chi connectivity index (χ0n) is 12.4. The van der Waals surface area contributed by atoms with E-state index < -0.39 is 0 Å². The van der Waals surface area contributed by atoms with Crippen molar-refractivity contribution in [1.82, 2.24) is 14.4 Å². The molecule has 6 heteroatoms. The zero-order valence-corrected chi connectivity index (χ0v) is 12.4. The minimum Gasteiger partial charge on any atom is -0.392 e. The Morgan fingerprint density at radius 2 is 2.22 bits per heavy atom. The highest BCUT2D eigenvalue weighted by molar-refractivity contribution is 6.07. The van der Waals surface area contributed by atoms with Crippen molar-refractivity contribution >= 4 is 17.1 Å². The summed E-state index contributed by atoms with van der Waals surface area (Å²) in [5.74, 6) is 1.10.